The first kappa shape index (κ1) is 22.3. The fourth-order valence-corrected chi connectivity index (χ4v) is 3.64. The molecule has 1 amide bonds. The maximum absolute atomic E-state index is 12.2. The summed E-state index contributed by atoms with van der Waals surface area (Å²) >= 11 is 0. The van der Waals surface area contributed by atoms with Crippen LogP contribution < -0.4 is 10.6 Å². The first-order valence-corrected chi connectivity index (χ1v) is 10.6. The van der Waals surface area contributed by atoms with Gasteiger partial charge in [0.2, 0.25) is 0 Å². The molecule has 0 heterocycles. The van der Waals surface area contributed by atoms with Gasteiger partial charge in [0.1, 0.15) is 5.60 Å². The molecular formula is C21H42N2O2. The van der Waals surface area contributed by atoms with Crippen molar-refractivity contribution in [3.05, 3.63) is 0 Å². The van der Waals surface area contributed by atoms with Crippen LogP contribution in [0.5, 0.6) is 0 Å². The monoisotopic (exact) mass is 354 g/mol. The van der Waals surface area contributed by atoms with Crippen molar-refractivity contribution >= 4 is 6.09 Å². The lowest BCUT2D eigenvalue weighted by Gasteiger charge is -2.31. The lowest BCUT2D eigenvalue weighted by atomic mass is 10.0. The summed E-state index contributed by atoms with van der Waals surface area (Å²) in [5, 5.41) is 6.93. The Bertz CT molecular complexity index is 365. The van der Waals surface area contributed by atoms with E-state index in [4.69, 9.17) is 4.74 Å². The van der Waals surface area contributed by atoms with Crippen LogP contribution in [0.3, 0.4) is 0 Å². The average molecular weight is 355 g/mol. The number of carbonyl (C=O) groups is 1. The van der Waals surface area contributed by atoms with Gasteiger partial charge in [-0.15, -0.1) is 0 Å². The molecule has 4 heteroatoms. The summed E-state index contributed by atoms with van der Waals surface area (Å²) in [5.74, 6) is 0. The van der Waals surface area contributed by atoms with Crippen LogP contribution in [0.2, 0.25) is 0 Å². The van der Waals surface area contributed by atoms with E-state index < -0.39 is 5.60 Å². The summed E-state index contributed by atoms with van der Waals surface area (Å²) in [7, 11) is 0. The first-order valence-electron chi connectivity index (χ1n) is 10.6. The molecule has 0 radical (unpaired) electrons. The highest BCUT2D eigenvalue weighted by molar-refractivity contribution is 5.68. The zero-order valence-electron chi connectivity index (χ0n) is 17.3. The smallest absolute Gasteiger partial charge is 0.407 e. The predicted octanol–water partition coefficient (Wildman–Crippen LogP) is 5.55. The highest BCUT2D eigenvalue weighted by atomic mass is 16.6. The number of alkyl carbamates (subject to hydrolysis) is 1. The molecule has 0 spiro atoms. The molecule has 1 aliphatic rings. The Morgan fingerprint density at radius 2 is 1.68 bits per heavy atom. The quantitative estimate of drug-likeness (QED) is 0.421. The van der Waals surface area contributed by atoms with Crippen LogP contribution in [-0.4, -0.2) is 29.8 Å². The minimum Gasteiger partial charge on any atom is -0.444 e. The van der Waals surface area contributed by atoms with Gasteiger partial charge in [0.25, 0.3) is 0 Å². The molecule has 1 aliphatic carbocycles. The van der Waals surface area contributed by atoms with Gasteiger partial charge >= 0.3 is 6.09 Å². The average Bonchev–Trinajstić information content (AvgIpc) is 2.71. The van der Waals surface area contributed by atoms with Crippen LogP contribution in [0, 0.1) is 0 Å². The predicted molar refractivity (Wildman–Crippen MR) is 106 cm³/mol. The highest BCUT2D eigenvalue weighted by Crippen LogP contribution is 2.20. The molecule has 2 N–H and O–H groups in total. The summed E-state index contributed by atoms with van der Waals surface area (Å²) in [5.41, 5.74) is -0.441. The molecule has 1 rings (SSSR count). The van der Waals surface area contributed by atoms with Gasteiger partial charge in [-0.25, -0.2) is 4.79 Å². The van der Waals surface area contributed by atoms with Crippen molar-refractivity contribution in [2.45, 2.75) is 129 Å². The van der Waals surface area contributed by atoms with Crippen molar-refractivity contribution in [2.75, 3.05) is 0 Å². The van der Waals surface area contributed by atoms with E-state index in [0.717, 1.165) is 12.8 Å². The molecule has 3 unspecified atom stereocenters. The number of carbonyl (C=O) groups excluding carboxylic acids is 1. The molecule has 148 valence electrons. The molecular weight excluding hydrogens is 312 g/mol. The number of hydrogen-bond acceptors (Lipinski definition) is 3. The third-order valence-corrected chi connectivity index (χ3v) is 4.96. The highest BCUT2D eigenvalue weighted by Gasteiger charge is 2.27. The number of hydrogen-bond donors (Lipinski definition) is 2. The third kappa shape index (κ3) is 10.7. The molecule has 3 atom stereocenters. The van der Waals surface area contributed by atoms with Crippen molar-refractivity contribution in [1.29, 1.82) is 0 Å². The normalized spacial score (nSPS) is 22.9. The minimum absolute atomic E-state index is 0.180. The molecule has 0 bridgehead atoms. The van der Waals surface area contributed by atoms with Crippen molar-refractivity contribution in [2.24, 2.45) is 0 Å². The van der Waals surface area contributed by atoms with Crippen LogP contribution in [0.25, 0.3) is 0 Å². The number of amides is 1. The molecule has 0 aromatic rings. The first-order chi connectivity index (χ1) is 11.8. The van der Waals surface area contributed by atoms with Crippen molar-refractivity contribution < 1.29 is 9.53 Å². The lowest BCUT2D eigenvalue weighted by Crippen LogP contribution is -2.52. The number of unbranched alkanes of at least 4 members (excludes halogenated alkanes) is 4. The molecule has 25 heavy (non-hydrogen) atoms. The minimum atomic E-state index is -0.441. The van der Waals surface area contributed by atoms with Gasteiger partial charge in [0, 0.05) is 18.1 Å². The summed E-state index contributed by atoms with van der Waals surface area (Å²) in [6.45, 7) is 10.3. The van der Waals surface area contributed by atoms with Crippen molar-refractivity contribution in [1.82, 2.24) is 10.6 Å². The van der Waals surface area contributed by atoms with Crippen LogP contribution in [0.15, 0.2) is 0 Å². The Labute approximate surface area is 155 Å². The fourth-order valence-electron chi connectivity index (χ4n) is 3.64. The second-order valence-corrected chi connectivity index (χ2v) is 8.77. The SMILES string of the molecule is CCCCCCCC(C)NC1CCCCCC1NC(=O)OC(C)(C)C. The molecule has 0 saturated heterocycles. The molecule has 0 aromatic carbocycles. The summed E-state index contributed by atoms with van der Waals surface area (Å²) in [6.07, 6.45) is 13.5. The fraction of sp³-hybridized carbons (Fsp3) is 0.952. The van der Waals surface area contributed by atoms with Gasteiger partial charge in [-0.3, -0.25) is 0 Å². The van der Waals surface area contributed by atoms with Crippen molar-refractivity contribution in [3.63, 3.8) is 0 Å². The molecule has 0 aliphatic heterocycles. The van der Waals surface area contributed by atoms with E-state index >= 15 is 0 Å². The van der Waals surface area contributed by atoms with Crippen LogP contribution in [0.4, 0.5) is 4.79 Å². The Hall–Kier alpha value is -0.770. The van der Waals surface area contributed by atoms with E-state index in [2.05, 4.69) is 24.5 Å². The Morgan fingerprint density at radius 3 is 2.32 bits per heavy atom. The van der Waals surface area contributed by atoms with Gasteiger partial charge in [-0.05, 0) is 47.0 Å². The van der Waals surface area contributed by atoms with E-state index in [-0.39, 0.29) is 12.1 Å². The topological polar surface area (TPSA) is 50.4 Å². The molecule has 0 aromatic heterocycles. The molecule has 1 saturated carbocycles. The summed E-state index contributed by atoms with van der Waals surface area (Å²) in [6, 6.07) is 1.05. The Morgan fingerprint density at radius 1 is 1.04 bits per heavy atom. The maximum atomic E-state index is 12.2. The zero-order chi connectivity index (χ0) is 18.7. The second-order valence-electron chi connectivity index (χ2n) is 8.77. The summed E-state index contributed by atoms with van der Waals surface area (Å²) < 4.78 is 5.46. The van der Waals surface area contributed by atoms with Crippen LogP contribution >= 0.6 is 0 Å². The van der Waals surface area contributed by atoms with E-state index in [1.807, 2.05) is 20.8 Å². The standard InChI is InChI=1S/C21H42N2O2/c1-6-7-8-9-11-14-17(2)22-18-15-12-10-13-16-19(18)23-20(24)25-21(3,4)5/h17-19,22H,6-16H2,1-5H3,(H,23,24). The van der Waals surface area contributed by atoms with E-state index in [9.17, 15) is 4.79 Å². The molecule has 1 fully saturated rings. The Kier molecular flexibility index (Phi) is 10.5. The summed E-state index contributed by atoms with van der Waals surface area (Å²) in [4.78, 5) is 12.2. The van der Waals surface area contributed by atoms with Crippen molar-refractivity contribution in [3.8, 4) is 0 Å². The molecule has 4 nitrogen and oxygen atoms in total. The maximum Gasteiger partial charge on any atom is 0.407 e. The van der Waals surface area contributed by atoms with Gasteiger partial charge in [0.05, 0.1) is 0 Å². The van der Waals surface area contributed by atoms with Gasteiger partial charge in [-0.1, -0.05) is 58.3 Å². The van der Waals surface area contributed by atoms with E-state index in [1.165, 1.54) is 57.8 Å². The number of rotatable bonds is 9. The van der Waals surface area contributed by atoms with Crippen LogP contribution in [-0.2, 0) is 4.74 Å². The Balaban J connectivity index is 2.44. The zero-order valence-corrected chi connectivity index (χ0v) is 17.3. The largest absolute Gasteiger partial charge is 0.444 e. The number of ether oxygens (including phenoxy) is 1. The van der Waals surface area contributed by atoms with E-state index in [0.29, 0.717) is 12.1 Å². The van der Waals surface area contributed by atoms with Gasteiger partial charge in [0.15, 0.2) is 0 Å². The van der Waals surface area contributed by atoms with E-state index in [1.54, 1.807) is 0 Å². The second kappa shape index (κ2) is 11.8. The third-order valence-electron chi connectivity index (χ3n) is 4.96. The van der Waals surface area contributed by atoms with Gasteiger partial charge in [-0.2, -0.15) is 0 Å². The lowest BCUT2D eigenvalue weighted by molar-refractivity contribution is 0.0488. The van der Waals surface area contributed by atoms with Crippen LogP contribution in [0.1, 0.15) is 105 Å². The number of nitrogens with one attached hydrogen (secondary N) is 2. The van der Waals surface area contributed by atoms with Gasteiger partial charge < -0.3 is 15.4 Å².